The monoisotopic (exact) mass is 506 g/mol. The number of carbonyl (C=O) groups excluding carboxylic acids is 1. The number of hydrogen-bond acceptors (Lipinski definition) is 4. The summed E-state index contributed by atoms with van der Waals surface area (Å²) in [7, 11) is 0. The van der Waals surface area contributed by atoms with Crippen LogP contribution in [-0.4, -0.2) is 28.7 Å². The van der Waals surface area contributed by atoms with Gasteiger partial charge < -0.3 is 4.74 Å². The van der Waals surface area contributed by atoms with Gasteiger partial charge in [-0.3, -0.25) is 4.79 Å². The summed E-state index contributed by atoms with van der Waals surface area (Å²) in [5.41, 5.74) is -2.47. The summed E-state index contributed by atoms with van der Waals surface area (Å²) >= 11 is 12.2. The Balaban J connectivity index is 2.11. The van der Waals surface area contributed by atoms with Gasteiger partial charge in [0.05, 0.1) is 6.07 Å². The van der Waals surface area contributed by atoms with Gasteiger partial charge in [-0.1, -0.05) is 50.0 Å². The smallest absolute Gasteiger partial charge is 0.325 e. The molecule has 2 aromatic rings. The molecule has 4 rings (SSSR count). The molecule has 2 saturated heterocycles. The van der Waals surface area contributed by atoms with E-state index < -0.39 is 46.7 Å². The van der Waals surface area contributed by atoms with Crippen LogP contribution in [0.5, 0.6) is 0 Å². The number of cyclic esters (lactones) is 1. The molecule has 2 aliphatic rings. The topological polar surface area (TPSA) is 53.3 Å². The molecule has 0 unspecified atom stereocenters. The highest BCUT2D eigenvalue weighted by Gasteiger charge is 2.70. The Hall–Kier alpha value is -2.20. The van der Waals surface area contributed by atoms with Crippen molar-refractivity contribution < 1.29 is 18.3 Å². The van der Waals surface area contributed by atoms with Gasteiger partial charge in [0.1, 0.15) is 23.1 Å². The Morgan fingerprint density at radius 3 is 2.35 bits per heavy atom. The number of fused-ring (bicyclic) bond motifs is 1. The SMILES string of the molecule is CC(C)(C)C[C@@H]1N2[C@@H](C(=O)OC2(C)C)[C@H](c2cc(F)cc(Cl)c2)[C@@]1(C#N)c1ccc(Cl)cc1F. The van der Waals surface area contributed by atoms with Crippen LogP contribution in [0, 0.1) is 28.4 Å². The number of halogens is 4. The van der Waals surface area contributed by atoms with E-state index in [0.29, 0.717) is 12.0 Å². The number of ether oxygens (including phenoxy) is 1. The van der Waals surface area contributed by atoms with Crippen molar-refractivity contribution >= 4 is 29.2 Å². The first-order valence-electron chi connectivity index (χ1n) is 11.1. The van der Waals surface area contributed by atoms with Crippen LogP contribution >= 0.6 is 23.2 Å². The zero-order valence-electron chi connectivity index (χ0n) is 19.6. The fourth-order valence-corrected chi connectivity index (χ4v) is 6.15. The molecule has 0 spiro atoms. The third-order valence-electron chi connectivity index (χ3n) is 6.79. The van der Waals surface area contributed by atoms with Crippen molar-refractivity contribution in [3.05, 3.63) is 69.2 Å². The molecule has 2 heterocycles. The van der Waals surface area contributed by atoms with Crippen LogP contribution < -0.4 is 0 Å². The van der Waals surface area contributed by atoms with Gasteiger partial charge in [0.15, 0.2) is 5.72 Å². The molecular formula is C26H26Cl2F2N2O2. The Morgan fingerprint density at radius 1 is 1.12 bits per heavy atom. The number of carbonyl (C=O) groups is 1. The van der Waals surface area contributed by atoms with Crippen molar-refractivity contribution in [1.29, 1.82) is 5.26 Å². The first kappa shape index (κ1) is 24.9. The highest BCUT2D eigenvalue weighted by molar-refractivity contribution is 6.30. The maximum Gasteiger partial charge on any atom is 0.325 e. The predicted octanol–water partition coefficient (Wildman–Crippen LogP) is 6.60. The van der Waals surface area contributed by atoms with E-state index in [1.807, 2.05) is 25.7 Å². The van der Waals surface area contributed by atoms with Gasteiger partial charge in [-0.2, -0.15) is 5.26 Å². The number of rotatable bonds is 3. The lowest BCUT2D eigenvalue weighted by molar-refractivity contribution is -0.152. The average Bonchev–Trinajstić information content (AvgIpc) is 3.09. The molecule has 8 heteroatoms. The summed E-state index contributed by atoms with van der Waals surface area (Å²) in [5.74, 6) is -2.75. The van der Waals surface area contributed by atoms with Gasteiger partial charge in [0.2, 0.25) is 0 Å². The van der Waals surface area contributed by atoms with Crippen molar-refractivity contribution in [2.24, 2.45) is 5.41 Å². The molecule has 0 radical (unpaired) electrons. The maximum atomic E-state index is 15.6. The van der Waals surface area contributed by atoms with Gasteiger partial charge in [0.25, 0.3) is 0 Å². The molecule has 0 amide bonds. The summed E-state index contributed by atoms with van der Waals surface area (Å²) in [5, 5.41) is 11.2. The van der Waals surface area contributed by atoms with E-state index in [1.54, 1.807) is 13.8 Å². The Kier molecular flexibility index (Phi) is 6.00. The molecule has 2 fully saturated rings. The van der Waals surface area contributed by atoms with Crippen LogP contribution in [0.2, 0.25) is 10.0 Å². The summed E-state index contributed by atoms with van der Waals surface area (Å²) in [6.45, 7) is 9.55. The minimum Gasteiger partial charge on any atom is -0.443 e. The number of nitrogens with zero attached hydrogens (tertiary/aromatic N) is 2. The number of hydrogen-bond donors (Lipinski definition) is 0. The lowest BCUT2D eigenvalue weighted by Crippen LogP contribution is -2.52. The quantitative estimate of drug-likeness (QED) is 0.440. The Bertz CT molecular complexity index is 1180. The third-order valence-corrected chi connectivity index (χ3v) is 7.25. The van der Waals surface area contributed by atoms with Crippen molar-refractivity contribution in [3.8, 4) is 6.07 Å². The first-order valence-corrected chi connectivity index (χ1v) is 11.8. The third kappa shape index (κ3) is 3.88. The van der Waals surface area contributed by atoms with Crippen LogP contribution in [0.25, 0.3) is 0 Å². The molecular weight excluding hydrogens is 481 g/mol. The zero-order valence-corrected chi connectivity index (χ0v) is 21.1. The Labute approximate surface area is 208 Å². The second-order valence-electron chi connectivity index (χ2n) is 10.8. The molecule has 180 valence electrons. The van der Waals surface area contributed by atoms with E-state index >= 15 is 4.39 Å². The van der Waals surface area contributed by atoms with E-state index in [9.17, 15) is 14.4 Å². The molecule has 0 aliphatic carbocycles. The van der Waals surface area contributed by atoms with Gasteiger partial charge in [-0.25, -0.2) is 13.7 Å². The fraction of sp³-hybridized carbons (Fsp3) is 0.462. The van der Waals surface area contributed by atoms with Gasteiger partial charge in [-0.05, 0) is 61.6 Å². The van der Waals surface area contributed by atoms with Gasteiger partial charge >= 0.3 is 5.97 Å². The fourth-order valence-electron chi connectivity index (χ4n) is 5.76. The van der Waals surface area contributed by atoms with Crippen LogP contribution in [0.4, 0.5) is 8.78 Å². The van der Waals surface area contributed by atoms with Crippen LogP contribution in [0.3, 0.4) is 0 Å². The zero-order chi connectivity index (χ0) is 25.2. The Morgan fingerprint density at radius 2 is 1.79 bits per heavy atom. The lowest BCUT2D eigenvalue weighted by Gasteiger charge is -2.42. The first-order chi connectivity index (χ1) is 15.7. The standard InChI is InChI=1S/C26H26Cl2F2N2O2/c1-24(2,3)12-20-26(13-31,18-7-6-15(27)11-19(18)30)21(14-8-16(28)10-17(29)9-14)22-23(33)34-25(4,5)32(20)22/h6-11,20-22H,12H2,1-5H3/t20-,21-,22+,26-/m0/s1. The number of nitriles is 1. The van der Waals surface area contributed by atoms with E-state index in [2.05, 4.69) is 6.07 Å². The molecule has 0 aromatic heterocycles. The number of benzene rings is 2. The predicted molar refractivity (Wildman–Crippen MR) is 127 cm³/mol. The minimum absolute atomic E-state index is 0.108. The van der Waals surface area contributed by atoms with Crippen molar-refractivity contribution in [2.75, 3.05) is 0 Å². The summed E-state index contributed by atoms with van der Waals surface area (Å²) in [6.07, 6.45) is 0.443. The van der Waals surface area contributed by atoms with Crippen LogP contribution in [0.15, 0.2) is 36.4 Å². The van der Waals surface area contributed by atoms with Crippen LogP contribution in [0.1, 0.15) is 58.1 Å². The molecule has 34 heavy (non-hydrogen) atoms. The largest absolute Gasteiger partial charge is 0.443 e. The molecule has 0 saturated carbocycles. The maximum absolute atomic E-state index is 15.6. The summed E-state index contributed by atoms with van der Waals surface area (Å²) in [6, 6.07) is 8.95. The van der Waals surface area contributed by atoms with Crippen LogP contribution in [-0.2, 0) is 14.9 Å². The molecule has 0 bridgehead atoms. The number of esters is 1. The molecule has 4 atom stereocenters. The molecule has 0 N–H and O–H groups in total. The second-order valence-corrected chi connectivity index (χ2v) is 11.7. The highest BCUT2D eigenvalue weighted by atomic mass is 35.5. The van der Waals surface area contributed by atoms with Gasteiger partial charge in [-0.15, -0.1) is 0 Å². The molecule has 2 aliphatic heterocycles. The molecule has 2 aromatic carbocycles. The molecule has 4 nitrogen and oxygen atoms in total. The van der Waals surface area contributed by atoms with E-state index in [0.717, 1.165) is 12.1 Å². The van der Waals surface area contributed by atoms with Gasteiger partial charge in [0, 0.05) is 27.6 Å². The minimum atomic E-state index is -1.56. The van der Waals surface area contributed by atoms with E-state index in [4.69, 9.17) is 27.9 Å². The van der Waals surface area contributed by atoms with Crippen molar-refractivity contribution in [2.45, 2.75) is 70.2 Å². The average molecular weight is 507 g/mol. The lowest BCUT2D eigenvalue weighted by atomic mass is 9.62. The summed E-state index contributed by atoms with van der Waals surface area (Å²) < 4.78 is 35.9. The van der Waals surface area contributed by atoms with E-state index in [1.165, 1.54) is 24.3 Å². The van der Waals surface area contributed by atoms with E-state index in [-0.39, 0.29) is 21.0 Å². The second kappa shape index (κ2) is 8.19. The summed E-state index contributed by atoms with van der Waals surface area (Å²) in [4.78, 5) is 15.2. The van der Waals surface area contributed by atoms with Crippen molar-refractivity contribution in [1.82, 2.24) is 4.90 Å². The highest BCUT2D eigenvalue weighted by Crippen LogP contribution is 2.60. The normalized spacial score (nSPS) is 28.5. The van der Waals surface area contributed by atoms with Crippen molar-refractivity contribution in [3.63, 3.8) is 0 Å².